The fourth-order valence-corrected chi connectivity index (χ4v) is 4.85. The van der Waals surface area contributed by atoms with E-state index in [1.54, 1.807) is 12.1 Å². The van der Waals surface area contributed by atoms with Crippen molar-refractivity contribution in [2.24, 2.45) is 0 Å². The van der Waals surface area contributed by atoms with E-state index in [9.17, 15) is 27.4 Å². The number of rotatable bonds is 9. The maximum atomic E-state index is 12.9. The Balaban J connectivity index is 1.41. The Bertz CT molecular complexity index is 1670. The Morgan fingerprint density at radius 2 is 1.32 bits per heavy atom. The molecule has 0 saturated carbocycles. The van der Waals surface area contributed by atoms with Crippen LogP contribution >= 0.6 is 11.6 Å². The van der Waals surface area contributed by atoms with Crippen molar-refractivity contribution < 1.29 is 32.1 Å². The Hall–Kier alpha value is -4.71. The maximum Gasteiger partial charge on any atom is 0.314 e. The van der Waals surface area contributed by atoms with Gasteiger partial charge < -0.3 is 20.7 Å². The van der Waals surface area contributed by atoms with E-state index in [-0.39, 0.29) is 27.6 Å². The Morgan fingerprint density at radius 3 is 1.93 bits per heavy atom. The van der Waals surface area contributed by atoms with Crippen LogP contribution in [0.3, 0.4) is 0 Å². The zero-order valence-corrected chi connectivity index (χ0v) is 22.9. The number of hydrogen-bond donors (Lipinski definition) is 4. The van der Waals surface area contributed by atoms with Gasteiger partial charge in [0, 0.05) is 5.69 Å². The van der Waals surface area contributed by atoms with Gasteiger partial charge in [0.25, 0.3) is 10.1 Å². The highest BCUT2D eigenvalue weighted by Crippen LogP contribution is 2.29. The highest BCUT2D eigenvalue weighted by atomic mass is 35.5. The molecule has 0 aliphatic heterocycles. The van der Waals surface area contributed by atoms with E-state index in [1.165, 1.54) is 60.7 Å². The lowest BCUT2D eigenvalue weighted by molar-refractivity contribution is -0.132. The Kier molecular flexibility index (Phi) is 9.35. The van der Waals surface area contributed by atoms with Crippen LogP contribution in [0.5, 0.6) is 5.75 Å². The normalized spacial score (nSPS) is 11.7. The van der Waals surface area contributed by atoms with Crippen molar-refractivity contribution in [3.63, 3.8) is 0 Å². The first-order chi connectivity index (χ1) is 19.6. The summed E-state index contributed by atoms with van der Waals surface area (Å²) in [4.78, 5) is 38.1. The van der Waals surface area contributed by atoms with Gasteiger partial charge in [0.15, 0.2) is 5.25 Å². The number of benzene rings is 4. The fourth-order valence-electron chi connectivity index (χ4n) is 3.78. The van der Waals surface area contributed by atoms with Crippen LogP contribution in [0.25, 0.3) is 0 Å². The van der Waals surface area contributed by atoms with Crippen LogP contribution in [0, 0.1) is 0 Å². The molecule has 0 saturated heterocycles. The molecule has 3 amide bonds. The highest BCUT2D eigenvalue weighted by molar-refractivity contribution is 7.86. The third kappa shape index (κ3) is 7.92. The first-order valence-corrected chi connectivity index (χ1v) is 14.0. The minimum Gasteiger partial charge on any atom is -0.487 e. The quantitative estimate of drug-likeness (QED) is 0.156. The van der Waals surface area contributed by atoms with Crippen molar-refractivity contribution in [3.05, 3.63) is 119 Å². The summed E-state index contributed by atoms with van der Waals surface area (Å²) in [6.07, 6.45) is 0. The second-order valence-corrected chi connectivity index (χ2v) is 10.6. The van der Waals surface area contributed by atoms with Crippen molar-refractivity contribution in [2.45, 2.75) is 11.9 Å². The molecule has 1 unspecified atom stereocenters. The topological polar surface area (TPSA) is 151 Å². The number of amides is 3. The SMILES string of the molecule is O=C(Nc1ccc(OCc2ccccc2)c(Cl)c1)C(=O)Nc1ccccc1NC(=O)C(c1ccccc1)S(=O)(=O)O. The molecule has 4 rings (SSSR count). The first-order valence-electron chi connectivity index (χ1n) is 12.1. The third-order valence-electron chi connectivity index (χ3n) is 5.70. The maximum absolute atomic E-state index is 12.9. The van der Waals surface area contributed by atoms with Gasteiger partial charge in [-0.3, -0.25) is 18.9 Å². The largest absolute Gasteiger partial charge is 0.487 e. The molecule has 10 nitrogen and oxygen atoms in total. The lowest BCUT2D eigenvalue weighted by atomic mass is 10.1. The van der Waals surface area contributed by atoms with Crippen LogP contribution in [-0.2, 0) is 31.1 Å². The van der Waals surface area contributed by atoms with E-state index in [4.69, 9.17) is 16.3 Å². The molecule has 4 aromatic rings. The summed E-state index contributed by atoms with van der Waals surface area (Å²) in [6.45, 7) is 0.293. The number of halogens is 1. The average molecular weight is 594 g/mol. The molecular formula is C29H24ClN3O7S. The van der Waals surface area contributed by atoms with E-state index in [0.29, 0.717) is 12.4 Å². The smallest absolute Gasteiger partial charge is 0.314 e. The van der Waals surface area contributed by atoms with E-state index in [1.807, 2.05) is 30.3 Å². The number of ether oxygens (including phenoxy) is 1. The highest BCUT2D eigenvalue weighted by Gasteiger charge is 2.33. The number of carbonyl (C=O) groups is 3. The predicted molar refractivity (Wildman–Crippen MR) is 155 cm³/mol. The molecule has 4 N–H and O–H groups in total. The zero-order valence-electron chi connectivity index (χ0n) is 21.3. The molecule has 0 aliphatic carbocycles. The van der Waals surface area contributed by atoms with Crippen LogP contribution in [0.4, 0.5) is 17.1 Å². The molecule has 0 fully saturated rings. The summed E-state index contributed by atoms with van der Waals surface area (Å²) in [5.41, 5.74) is 1.26. The summed E-state index contributed by atoms with van der Waals surface area (Å²) in [5, 5.41) is 5.51. The molecule has 41 heavy (non-hydrogen) atoms. The van der Waals surface area contributed by atoms with Crippen molar-refractivity contribution in [1.82, 2.24) is 0 Å². The second kappa shape index (κ2) is 13.1. The van der Waals surface area contributed by atoms with Gasteiger partial charge in [-0.2, -0.15) is 8.42 Å². The Labute approximate surface area is 241 Å². The lowest BCUT2D eigenvalue weighted by Crippen LogP contribution is -2.30. The standard InChI is InChI=1S/C29H24ClN3O7S/c30-22-17-21(15-16-25(22)40-18-19-9-3-1-4-10-19)31-28(35)29(36)33-24-14-8-7-13-23(24)32-27(34)26(41(37,38)39)20-11-5-2-6-12-20/h1-17,26H,18H2,(H,31,35)(H,32,34)(H,33,36)(H,37,38,39). The van der Waals surface area contributed by atoms with Crippen LogP contribution in [0.1, 0.15) is 16.4 Å². The van der Waals surface area contributed by atoms with Gasteiger partial charge in [0.2, 0.25) is 5.91 Å². The second-order valence-electron chi connectivity index (χ2n) is 8.67. The molecule has 0 aromatic heterocycles. The minimum absolute atomic E-state index is 0.00573. The number of para-hydroxylation sites is 2. The summed E-state index contributed by atoms with van der Waals surface area (Å²) in [5.74, 6) is -2.77. The summed E-state index contributed by atoms with van der Waals surface area (Å²) >= 11 is 6.28. The van der Waals surface area contributed by atoms with Gasteiger partial charge in [-0.05, 0) is 41.5 Å². The molecule has 0 spiro atoms. The predicted octanol–water partition coefficient (Wildman–Crippen LogP) is 5.06. The monoisotopic (exact) mass is 593 g/mol. The average Bonchev–Trinajstić information content (AvgIpc) is 2.94. The molecule has 4 aromatic carbocycles. The van der Waals surface area contributed by atoms with Gasteiger partial charge >= 0.3 is 11.8 Å². The van der Waals surface area contributed by atoms with E-state index >= 15 is 0 Å². The molecule has 210 valence electrons. The summed E-state index contributed by atoms with van der Waals surface area (Å²) < 4.78 is 39.4. The van der Waals surface area contributed by atoms with Crippen molar-refractivity contribution in [1.29, 1.82) is 0 Å². The minimum atomic E-state index is -4.83. The Morgan fingerprint density at radius 1 is 0.756 bits per heavy atom. The van der Waals surface area contributed by atoms with Gasteiger partial charge in [-0.1, -0.05) is 84.4 Å². The van der Waals surface area contributed by atoms with Crippen LogP contribution < -0.4 is 20.7 Å². The number of anilines is 3. The van der Waals surface area contributed by atoms with Crippen LogP contribution in [0.15, 0.2) is 103 Å². The fraction of sp³-hybridized carbons (Fsp3) is 0.0690. The van der Waals surface area contributed by atoms with Gasteiger partial charge in [-0.25, -0.2) is 0 Å². The van der Waals surface area contributed by atoms with E-state index < -0.39 is 33.1 Å². The molecule has 0 radical (unpaired) electrons. The molecule has 0 bridgehead atoms. The van der Waals surface area contributed by atoms with Gasteiger partial charge in [0.1, 0.15) is 12.4 Å². The number of carbonyl (C=O) groups excluding carboxylic acids is 3. The van der Waals surface area contributed by atoms with Crippen LogP contribution in [0.2, 0.25) is 5.02 Å². The van der Waals surface area contributed by atoms with Gasteiger partial charge in [-0.15, -0.1) is 0 Å². The van der Waals surface area contributed by atoms with E-state index in [0.717, 1.165) is 5.56 Å². The number of hydrogen-bond acceptors (Lipinski definition) is 6. The molecule has 1 atom stereocenters. The van der Waals surface area contributed by atoms with Crippen LogP contribution in [-0.4, -0.2) is 30.7 Å². The first kappa shape index (κ1) is 29.3. The molecular weight excluding hydrogens is 570 g/mol. The van der Waals surface area contributed by atoms with Crippen molar-refractivity contribution in [3.8, 4) is 5.75 Å². The lowest BCUT2D eigenvalue weighted by Gasteiger charge is -2.17. The zero-order chi connectivity index (χ0) is 29.4. The number of nitrogens with one attached hydrogen (secondary N) is 3. The van der Waals surface area contributed by atoms with E-state index in [2.05, 4.69) is 16.0 Å². The third-order valence-corrected chi connectivity index (χ3v) is 7.08. The summed E-state index contributed by atoms with van der Waals surface area (Å²) in [7, 11) is -4.83. The van der Waals surface area contributed by atoms with Gasteiger partial charge in [0.05, 0.1) is 16.4 Å². The summed E-state index contributed by atoms with van der Waals surface area (Å²) in [6, 6.07) is 27.3. The van der Waals surface area contributed by atoms with Crippen molar-refractivity contribution >= 4 is 56.5 Å². The molecule has 12 heteroatoms. The van der Waals surface area contributed by atoms with Crippen molar-refractivity contribution in [2.75, 3.05) is 16.0 Å². The molecule has 0 heterocycles. The molecule has 0 aliphatic rings.